The average Bonchev–Trinajstić information content (AvgIpc) is 2.77. The van der Waals surface area contributed by atoms with Crippen molar-refractivity contribution in [1.29, 1.82) is 0 Å². The summed E-state index contributed by atoms with van der Waals surface area (Å²) in [6.07, 6.45) is 2.77. The Hall–Kier alpha value is -0.430. The van der Waals surface area contributed by atoms with Gasteiger partial charge in [0.1, 0.15) is 0 Å². The molecule has 0 fully saturated rings. The Morgan fingerprint density at radius 1 is 1.42 bits per heavy atom. The number of hydrogen-bond acceptors (Lipinski definition) is 4. The molecule has 0 bridgehead atoms. The van der Waals surface area contributed by atoms with Crippen LogP contribution in [0.4, 0.5) is 0 Å². The second kappa shape index (κ2) is 9.47. The maximum absolute atomic E-state index is 5.46. The highest BCUT2D eigenvalue weighted by Crippen LogP contribution is 2.25. The standard InChI is InChI=1S/C13H24BrN3O2/c1-4-15-12(6-8-19-5-2)13-11(14)10-16-17(13)7-9-18-3/h10,12,15H,4-9H2,1-3H3. The fourth-order valence-electron chi connectivity index (χ4n) is 2.00. The van der Waals surface area contributed by atoms with Crippen molar-refractivity contribution in [1.82, 2.24) is 15.1 Å². The molecule has 5 nitrogen and oxygen atoms in total. The first-order valence-corrected chi connectivity index (χ1v) is 7.55. The first-order valence-electron chi connectivity index (χ1n) is 6.75. The molecular formula is C13H24BrN3O2. The van der Waals surface area contributed by atoms with Crippen LogP contribution in [0.2, 0.25) is 0 Å². The molecule has 1 aromatic heterocycles. The van der Waals surface area contributed by atoms with Crippen molar-refractivity contribution in [3.8, 4) is 0 Å². The second-order valence-corrected chi connectivity index (χ2v) is 5.04. The van der Waals surface area contributed by atoms with Crippen LogP contribution in [0.5, 0.6) is 0 Å². The highest BCUT2D eigenvalue weighted by atomic mass is 79.9. The Morgan fingerprint density at radius 2 is 2.21 bits per heavy atom. The molecule has 0 spiro atoms. The van der Waals surface area contributed by atoms with Crippen LogP contribution in [-0.2, 0) is 16.0 Å². The van der Waals surface area contributed by atoms with Gasteiger partial charge in [-0.2, -0.15) is 5.10 Å². The summed E-state index contributed by atoms with van der Waals surface area (Å²) in [5.74, 6) is 0. The summed E-state index contributed by atoms with van der Waals surface area (Å²) in [7, 11) is 1.70. The Kier molecular flexibility index (Phi) is 8.29. The summed E-state index contributed by atoms with van der Waals surface area (Å²) in [5.41, 5.74) is 1.17. The molecule has 0 aliphatic rings. The molecule has 0 aromatic carbocycles. The number of nitrogens with zero attached hydrogens (tertiary/aromatic N) is 2. The number of hydrogen-bond donors (Lipinski definition) is 1. The smallest absolute Gasteiger partial charge is 0.0697 e. The van der Waals surface area contributed by atoms with E-state index in [9.17, 15) is 0 Å². The van der Waals surface area contributed by atoms with E-state index in [1.165, 1.54) is 5.69 Å². The predicted molar refractivity (Wildman–Crippen MR) is 79.3 cm³/mol. The molecule has 0 amide bonds. The molecule has 0 aliphatic carbocycles. The van der Waals surface area contributed by atoms with Crippen LogP contribution in [-0.4, -0.2) is 43.3 Å². The van der Waals surface area contributed by atoms with Gasteiger partial charge in [-0.05, 0) is 35.8 Å². The van der Waals surface area contributed by atoms with Crippen LogP contribution < -0.4 is 5.32 Å². The third-order valence-corrected chi connectivity index (χ3v) is 3.49. The van der Waals surface area contributed by atoms with Gasteiger partial charge in [-0.25, -0.2) is 0 Å². The average molecular weight is 334 g/mol. The fourth-order valence-corrected chi connectivity index (χ4v) is 2.57. The number of nitrogens with one attached hydrogen (secondary N) is 1. The van der Waals surface area contributed by atoms with E-state index in [1.54, 1.807) is 7.11 Å². The van der Waals surface area contributed by atoms with Gasteiger partial charge in [0, 0.05) is 20.3 Å². The van der Waals surface area contributed by atoms with Gasteiger partial charge in [0.25, 0.3) is 0 Å². The van der Waals surface area contributed by atoms with E-state index in [-0.39, 0.29) is 6.04 Å². The Bertz CT molecular complexity index is 358. The van der Waals surface area contributed by atoms with E-state index >= 15 is 0 Å². The van der Waals surface area contributed by atoms with Crippen molar-refractivity contribution in [2.75, 3.05) is 33.5 Å². The van der Waals surface area contributed by atoms with Crippen LogP contribution in [0.25, 0.3) is 0 Å². The van der Waals surface area contributed by atoms with Gasteiger partial charge in [0.2, 0.25) is 0 Å². The van der Waals surface area contributed by atoms with Crippen LogP contribution in [0.15, 0.2) is 10.7 Å². The molecular weight excluding hydrogens is 310 g/mol. The minimum absolute atomic E-state index is 0.241. The second-order valence-electron chi connectivity index (χ2n) is 4.19. The van der Waals surface area contributed by atoms with Crippen LogP contribution in [0.3, 0.4) is 0 Å². The third kappa shape index (κ3) is 5.22. The summed E-state index contributed by atoms with van der Waals surface area (Å²) in [6, 6.07) is 0.241. The van der Waals surface area contributed by atoms with E-state index in [0.29, 0.717) is 6.61 Å². The summed E-state index contributed by atoms with van der Waals surface area (Å²) in [5, 5.41) is 7.88. The normalized spacial score (nSPS) is 12.8. The number of ether oxygens (including phenoxy) is 2. The number of rotatable bonds is 10. The monoisotopic (exact) mass is 333 g/mol. The van der Waals surface area contributed by atoms with Crippen LogP contribution >= 0.6 is 15.9 Å². The minimum Gasteiger partial charge on any atom is -0.383 e. The van der Waals surface area contributed by atoms with Crippen molar-refractivity contribution >= 4 is 15.9 Å². The first kappa shape index (κ1) is 16.6. The molecule has 1 N–H and O–H groups in total. The molecule has 1 aromatic rings. The zero-order chi connectivity index (χ0) is 14.1. The summed E-state index contributed by atoms with van der Waals surface area (Å²) in [6.45, 7) is 7.95. The van der Waals surface area contributed by atoms with Crippen molar-refractivity contribution < 1.29 is 9.47 Å². The fraction of sp³-hybridized carbons (Fsp3) is 0.769. The maximum Gasteiger partial charge on any atom is 0.0697 e. The van der Waals surface area contributed by atoms with Crippen LogP contribution in [0.1, 0.15) is 32.0 Å². The molecule has 1 rings (SSSR count). The Morgan fingerprint density at radius 3 is 2.84 bits per heavy atom. The topological polar surface area (TPSA) is 48.3 Å². The molecule has 1 unspecified atom stereocenters. The zero-order valence-electron chi connectivity index (χ0n) is 12.0. The van der Waals surface area contributed by atoms with Gasteiger partial charge in [-0.3, -0.25) is 4.68 Å². The highest BCUT2D eigenvalue weighted by Gasteiger charge is 2.19. The lowest BCUT2D eigenvalue weighted by molar-refractivity contribution is 0.134. The molecule has 6 heteroatoms. The molecule has 0 saturated heterocycles. The first-order chi connectivity index (χ1) is 9.24. The molecule has 19 heavy (non-hydrogen) atoms. The molecule has 110 valence electrons. The van der Waals surface area contributed by atoms with Gasteiger partial charge in [0.15, 0.2) is 0 Å². The lowest BCUT2D eigenvalue weighted by atomic mass is 10.1. The zero-order valence-corrected chi connectivity index (χ0v) is 13.6. The van der Waals surface area contributed by atoms with Crippen LogP contribution in [0, 0.1) is 0 Å². The predicted octanol–water partition coefficient (Wildman–Crippen LogP) is 2.37. The van der Waals surface area contributed by atoms with E-state index in [2.05, 4.69) is 33.3 Å². The van der Waals surface area contributed by atoms with Gasteiger partial charge >= 0.3 is 0 Å². The summed E-state index contributed by atoms with van der Waals surface area (Å²) >= 11 is 3.58. The SMILES string of the molecule is CCNC(CCOCC)c1c(Br)cnn1CCOC. The number of aromatic nitrogens is 2. The summed E-state index contributed by atoms with van der Waals surface area (Å²) in [4.78, 5) is 0. The van der Waals surface area contributed by atoms with E-state index in [1.807, 2.05) is 17.8 Å². The van der Waals surface area contributed by atoms with Crippen molar-refractivity contribution in [3.63, 3.8) is 0 Å². The third-order valence-electron chi connectivity index (χ3n) is 2.88. The molecule has 0 radical (unpaired) electrons. The summed E-state index contributed by atoms with van der Waals surface area (Å²) < 4.78 is 13.6. The molecule has 0 saturated carbocycles. The lowest BCUT2D eigenvalue weighted by Gasteiger charge is -2.20. The molecule has 1 atom stereocenters. The van der Waals surface area contributed by atoms with Gasteiger partial charge in [0.05, 0.1) is 35.6 Å². The van der Waals surface area contributed by atoms with Gasteiger partial charge < -0.3 is 14.8 Å². The van der Waals surface area contributed by atoms with Crippen molar-refractivity contribution in [2.45, 2.75) is 32.9 Å². The molecule has 0 aliphatic heterocycles. The minimum atomic E-state index is 0.241. The molecule has 1 heterocycles. The quantitative estimate of drug-likeness (QED) is 0.668. The van der Waals surface area contributed by atoms with Gasteiger partial charge in [-0.1, -0.05) is 6.92 Å². The van der Waals surface area contributed by atoms with E-state index in [0.717, 1.165) is 37.2 Å². The number of halogens is 1. The highest BCUT2D eigenvalue weighted by molar-refractivity contribution is 9.10. The van der Waals surface area contributed by atoms with Gasteiger partial charge in [-0.15, -0.1) is 0 Å². The Balaban J connectivity index is 2.77. The van der Waals surface area contributed by atoms with Crippen molar-refractivity contribution in [3.05, 3.63) is 16.4 Å². The maximum atomic E-state index is 5.46. The lowest BCUT2D eigenvalue weighted by Crippen LogP contribution is -2.26. The Labute approximate surface area is 123 Å². The largest absolute Gasteiger partial charge is 0.383 e. The van der Waals surface area contributed by atoms with Crippen molar-refractivity contribution in [2.24, 2.45) is 0 Å². The number of methoxy groups -OCH3 is 1. The van der Waals surface area contributed by atoms with E-state index in [4.69, 9.17) is 9.47 Å². The van der Waals surface area contributed by atoms with E-state index < -0.39 is 0 Å².